The first-order valence-electron chi connectivity index (χ1n) is 9.08. The minimum atomic E-state index is -0.602. The van der Waals surface area contributed by atoms with Gasteiger partial charge in [-0.2, -0.15) is 0 Å². The fraction of sp³-hybridized carbons (Fsp3) is 0.450. The predicted molar refractivity (Wildman–Crippen MR) is 99.6 cm³/mol. The van der Waals surface area contributed by atoms with Gasteiger partial charge in [0.2, 0.25) is 5.91 Å². The summed E-state index contributed by atoms with van der Waals surface area (Å²) in [6.45, 7) is 6.91. The van der Waals surface area contributed by atoms with Gasteiger partial charge >= 0.3 is 0 Å². The van der Waals surface area contributed by atoms with Gasteiger partial charge in [0, 0.05) is 39.3 Å². The van der Waals surface area contributed by atoms with Gasteiger partial charge in [-0.25, -0.2) is 0 Å². The van der Waals surface area contributed by atoms with Crippen molar-refractivity contribution in [3.8, 4) is 0 Å². The molecule has 1 atom stereocenters. The van der Waals surface area contributed by atoms with E-state index in [0.717, 1.165) is 31.7 Å². The third-order valence-corrected chi connectivity index (χ3v) is 4.75. The molecule has 1 fully saturated rings. The number of carbonyl (C=O) groups excluding carboxylic acids is 1. The first-order chi connectivity index (χ1) is 12.6. The second kappa shape index (κ2) is 8.98. The fourth-order valence-electron chi connectivity index (χ4n) is 3.11. The Labute approximate surface area is 154 Å². The highest BCUT2D eigenvalue weighted by atomic mass is 16.4. The molecule has 6 nitrogen and oxygen atoms in total. The number of hydrogen-bond donors (Lipinski definition) is 2. The highest BCUT2D eigenvalue weighted by molar-refractivity contribution is 5.78. The van der Waals surface area contributed by atoms with Crippen LogP contribution in [0.3, 0.4) is 0 Å². The van der Waals surface area contributed by atoms with Gasteiger partial charge in [0.15, 0.2) is 0 Å². The van der Waals surface area contributed by atoms with Crippen LogP contribution in [0, 0.1) is 6.92 Å². The minimum Gasteiger partial charge on any atom is -0.467 e. The number of amides is 1. The lowest BCUT2D eigenvalue weighted by Crippen LogP contribution is -2.50. The number of nitrogens with one attached hydrogen (secondary N) is 1. The molecule has 1 amide bonds. The van der Waals surface area contributed by atoms with Gasteiger partial charge in [-0.3, -0.25) is 14.6 Å². The third-order valence-electron chi connectivity index (χ3n) is 4.75. The number of aryl methyl sites for hydroxylation is 1. The summed E-state index contributed by atoms with van der Waals surface area (Å²) < 4.78 is 5.24. The standard InChI is InChI=1S/C20H27N3O3/c1-16-4-6-17(7-5-16)13-21-20(25)15-23-10-8-22(9-11-23)14-18(24)19-3-2-12-26-19/h2-7,12,18,24H,8-11,13-15H2,1H3,(H,21,25)/t18-/m0/s1. The Morgan fingerprint density at radius 2 is 1.85 bits per heavy atom. The molecule has 1 aliphatic heterocycles. The molecule has 140 valence electrons. The number of rotatable bonds is 7. The van der Waals surface area contributed by atoms with Gasteiger partial charge in [-0.05, 0) is 24.6 Å². The van der Waals surface area contributed by atoms with E-state index in [4.69, 9.17) is 4.42 Å². The summed E-state index contributed by atoms with van der Waals surface area (Å²) >= 11 is 0. The van der Waals surface area contributed by atoms with Crippen molar-refractivity contribution in [3.63, 3.8) is 0 Å². The number of carbonyl (C=O) groups is 1. The molecule has 2 N–H and O–H groups in total. The van der Waals surface area contributed by atoms with Crippen molar-refractivity contribution >= 4 is 5.91 Å². The quantitative estimate of drug-likeness (QED) is 0.787. The molecular formula is C20H27N3O3. The number of aliphatic hydroxyl groups is 1. The molecular weight excluding hydrogens is 330 g/mol. The number of furan rings is 1. The van der Waals surface area contributed by atoms with Crippen LogP contribution in [0.1, 0.15) is 23.0 Å². The van der Waals surface area contributed by atoms with E-state index in [9.17, 15) is 9.90 Å². The van der Waals surface area contributed by atoms with Crippen molar-refractivity contribution in [2.45, 2.75) is 19.6 Å². The normalized spacial score (nSPS) is 17.2. The molecule has 0 unspecified atom stereocenters. The molecule has 0 saturated carbocycles. The lowest BCUT2D eigenvalue weighted by molar-refractivity contribution is -0.122. The van der Waals surface area contributed by atoms with Crippen LogP contribution in [0.4, 0.5) is 0 Å². The Morgan fingerprint density at radius 1 is 1.15 bits per heavy atom. The lowest BCUT2D eigenvalue weighted by atomic mass is 10.1. The number of piperazine rings is 1. The molecule has 3 rings (SSSR count). The molecule has 1 saturated heterocycles. The molecule has 0 radical (unpaired) electrons. The Kier molecular flexibility index (Phi) is 6.44. The Hall–Kier alpha value is -2.15. The van der Waals surface area contributed by atoms with Gasteiger partial charge in [0.25, 0.3) is 0 Å². The monoisotopic (exact) mass is 357 g/mol. The maximum atomic E-state index is 12.1. The number of nitrogens with zero attached hydrogens (tertiary/aromatic N) is 2. The van der Waals surface area contributed by atoms with Gasteiger partial charge < -0.3 is 14.8 Å². The van der Waals surface area contributed by atoms with Crippen molar-refractivity contribution in [3.05, 3.63) is 59.5 Å². The highest BCUT2D eigenvalue weighted by Crippen LogP contribution is 2.15. The van der Waals surface area contributed by atoms with E-state index in [2.05, 4.69) is 34.2 Å². The summed E-state index contributed by atoms with van der Waals surface area (Å²) in [4.78, 5) is 16.5. The number of hydrogen-bond acceptors (Lipinski definition) is 5. The zero-order valence-corrected chi connectivity index (χ0v) is 15.2. The van der Waals surface area contributed by atoms with Crippen LogP contribution in [0.5, 0.6) is 0 Å². The van der Waals surface area contributed by atoms with E-state index in [0.29, 0.717) is 25.4 Å². The molecule has 0 bridgehead atoms. The maximum absolute atomic E-state index is 12.1. The largest absolute Gasteiger partial charge is 0.467 e. The van der Waals surface area contributed by atoms with Crippen molar-refractivity contribution in [1.82, 2.24) is 15.1 Å². The molecule has 6 heteroatoms. The maximum Gasteiger partial charge on any atom is 0.234 e. The molecule has 26 heavy (non-hydrogen) atoms. The van der Waals surface area contributed by atoms with E-state index >= 15 is 0 Å². The van der Waals surface area contributed by atoms with Crippen LogP contribution >= 0.6 is 0 Å². The van der Waals surface area contributed by atoms with Crippen LogP contribution < -0.4 is 5.32 Å². The SMILES string of the molecule is Cc1ccc(CNC(=O)CN2CCN(C[C@H](O)c3ccco3)CC2)cc1. The van der Waals surface area contributed by atoms with Crippen LogP contribution in [0.2, 0.25) is 0 Å². The average Bonchev–Trinajstić information content (AvgIpc) is 3.18. The summed E-state index contributed by atoms with van der Waals surface area (Å²) in [5.41, 5.74) is 2.33. The van der Waals surface area contributed by atoms with E-state index < -0.39 is 6.10 Å². The lowest BCUT2D eigenvalue weighted by Gasteiger charge is -2.34. The van der Waals surface area contributed by atoms with Gasteiger partial charge in [0.05, 0.1) is 12.8 Å². The highest BCUT2D eigenvalue weighted by Gasteiger charge is 2.22. The summed E-state index contributed by atoms with van der Waals surface area (Å²) in [7, 11) is 0. The molecule has 0 aliphatic carbocycles. The first kappa shape index (κ1) is 18.6. The Bertz CT molecular complexity index is 677. The van der Waals surface area contributed by atoms with Gasteiger partial charge in [-0.1, -0.05) is 29.8 Å². The van der Waals surface area contributed by atoms with Crippen molar-refractivity contribution in [1.29, 1.82) is 0 Å². The van der Waals surface area contributed by atoms with Gasteiger partial charge in [0.1, 0.15) is 11.9 Å². The number of aliphatic hydroxyl groups excluding tert-OH is 1. The summed E-state index contributed by atoms with van der Waals surface area (Å²) in [5, 5.41) is 13.1. The third kappa shape index (κ3) is 5.42. The van der Waals surface area contributed by atoms with Crippen LogP contribution in [-0.2, 0) is 11.3 Å². The number of benzene rings is 1. The average molecular weight is 357 g/mol. The summed E-state index contributed by atoms with van der Waals surface area (Å²) in [5.74, 6) is 0.651. The van der Waals surface area contributed by atoms with E-state index in [1.165, 1.54) is 5.56 Å². The zero-order chi connectivity index (χ0) is 18.4. The molecule has 2 aromatic rings. The number of β-amino-alcohol motifs (C(OH)–C–C–N with tert-alkyl or cyclic N) is 1. The van der Waals surface area contributed by atoms with E-state index in [1.807, 2.05) is 12.1 Å². The minimum absolute atomic E-state index is 0.0506. The Morgan fingerprint density at radius 3 is 2.50 bits per heavy atom. The first-order valence-corrected chi connectivity index (χ1v) is 9.08. The summed E-state index contributed by atoms with van der Waals surface area (Å²) in [6, 6.07) is 11.8. The molecule has 1 aliphatic rings. The van der Waals surface area contributed by atoms with Crippen LogP contribution in [-0.4, -0.2) is 60.1 Å². The smallest absolute Gasteiger partial charge is 0.234 e. The topological polar surface area (TPSA) is 69.0 Å². The van der Waals surface area contributed by atoms with Crippen molar-refractivity contribution < 1.29 is 14.3 Å². The fourth-order valence-corrected chi connectivity index (χ4v) is 3.11. The molecule has 2 heterocycles. The van der Waals surface area contributed by atoms with Crippen LogP contribution in [0.25, 0.3) is 0 Å². The van der Waals surface area contributed by atoms with Crippen molar-refractivity contribution in [2.75, 3.05) is 39.3 Å². The zero-order valence-electron chi connectivity index (χ0n) is 15.2. The second-order valence-electron chi connectivity index (χ2n) is 6.87. The predicted octanol–water partition coefficient (Wildman–Crippen LogP) is 1.56. The van der Waals surface area contributed by atoms with Crippen LogP contribution in [0.15, 0.2) is 47.1 Å². The molecule has 1 aromatic carbocycles. The van der Waals surface area contributed by atoms with E-state index in [-0.39, 0.29) is 5.91 Å². The van der Waals surface area contributed by atoms with Gasteiger partial charge in [-0.15, -0.1) is 0 Å². The summed E-state index contributed by atoms with van der Waals surface area (Å²) in [6.07, 6.45) is 0.973. The molecule has 0 spiro atoms. The second-order valence-corrected chi connectivity index (χ2v) is 6.87. The molecule has 1 aromatic heterocycles. The Balaban J connectivity index is 1.35. The van der Waals surface area contributed by atoms with E-state index in [1.54, 1.807) is 18.4 Å². The van der Waals surface area contributed by atoms with Crippen molar-refractivity contribution in [2.24, 2.45) is 0 Å².